The monoisotopic (exact) mass is 430 g/mol. The largest absolute Gasteiger partial charge is 0.450 e. The standard InChI is InChI=1S/C26H29F3O2/c1-5-7-8-19-13-21-14-20-12-11-18(10-9-16(3)15-30-17(4)6-2)23(28)25(20)31-26(21)24(29)22(19)27/h5-6,11-13,16-17H,1-2,7-10,14-15H2,3-4H3. The summed E-state index contributed by atoms with van der Waals surface area (Å²) in [7, 11) is 0. The van der Waals surface area contributed by atoms with Crippen molar-refractivity contribution in [3.05, 3.63) is 83.2 Å². The molecule has 3 rings (SSSR count). The summed E-state index contributed by atoms with van der Waals surface area (Å²) >= 11 is 0. The lowest BCUT2D eigenvalue weighted by Gasteiger charge is -2.23. The molecule has 2 aromatic rings. The van der Waals surface area contributed by atoms with Gasteiger partial charge in [-0.3, -0.25) is 0 Å². The van der Waals surface area contributed by atoms with Gasteiger partial charge in [-0.1, -0.05) is 31.2 Å². The van der Waals surface area contributed by atoms with Crippen LogP contribution in [-0.2, 0) is 24.0 Å². The van der Waals surface area contributed by atoms with Crippen LogP contribution in [0.3, 0.4) is 0 Å². The fourth-order valence-corrected chi connectivity index (χ4v) is 3.66. The smallest absolute Gasteiger partial charge is 0.201 e. The van der Waals surface area contributed by atoms with Crippen LogP contribution in [0.25, 0.3) is 0 Å². The first-order chi connectivity index (χ1) is 14.8. The van der Waals surface area contributed by atoms with Crippen molar-refractivity contribution in [3.63, 3.8) is 0 Å². The van der Waals surface area contributed by atoms with E-state index in [-0.39, 0.29) is 29.1 Å². The fraction of sp³-hybridized carbons (Fsp3) is 0.385. The second-order valence-corrected chi connectivity index (χ2v) is 8.20. The first kappa shape index (κ1) is 23.1. The summed E-state index contributed by atoms with van der Waals surface area (Å²) in [6.45, 7) is 11.8. The van der Waals surface area contributed by atoms with Crippen LogP contribution in [0.1, 0.15) is 48.9 Å². The highest BCUT2D eigenvalue weighted by Gasteiger charge is 2.28. The van der Waals surface area contributed by atoms with Crippen LogP contribution in [0.4, 0.5) is 13.2 Å². The minimum absolute atomic E-state index is 0.00803. The molecule has 0 radical (unpaired) electrons. The molecule has 0 N–H and O–H groups in total. The van der Waals surface area contributed by atoms with Gasteiger partial charge in [0.2, 0.25) is 5.82 Å². The molecule has 0 aromatic heterocycles. The zero-order valence-electron chi connectivity index (χ0n) is 18.1. The van der Waals surface area contributed by atoms with E-state index < -0.39 is 17.5 Å². The Hall–Kier alpha value is -2.53. The highest BCUT2D eigenvalue weighted by atomic mass is 19.2. The van der Waals surface area contributed by atoms with Crippen molar-refractivity contribution in [3.8, 4) is 11.5 Å². The molecule has 1 heterocycles. The van der Waals surface area contributed by atoms with Crippen molar-refractivity contribution in [2.75, 3.05) is 6.61 Å². The van der Waals surface area contributed by atoms with Crippen LogP contribution in [0.15, 0.2) is 43.5 Å². The first-order valence-electron chi connectivity index (χ1n) is 10.7. The molecule has 2 nitrogen and oxygen atoms in total. The topological polar surface area (TPSA) is 18.5 Å². The van der Waals surface area contributed by atoms with Gasteiger partial charge in [0, 0.05) is 24.2 Å². The second-order valence-electron chi connectivity index (χ2n) is 8.20. The van der Waals surface area contributed by atoms with Crippen LogP contribution in [0.2, 0.25) is 0 Å². The predicted octanol–water partition coefficient (Wildman–Crippen LogP) is 7.08. The molecule has 2 unspecified atom stereocenters. The van der Waals surface area contributed by atoms with Gasteiger partial charge in [-0.25, -0.2) is 8.78 Å². The van der Waals surface area contributed by atoms with Crippen LogP contribution >= 0.6 is 0 Å². The molecule has 166 valence electrons. The number of ether oxygens (including phenoxy) is 2. The third-order valence-electron chi connectivity index (χ3n) is 5.66. The van der Waals surface area contributed by atoms with Crippen molar-refractivity contribution in [2.45, 2.75) is 52.1 Å². The van der Waals surface area contributed by atoms with Gasteiger partial charge in [0.1, 0.15) is 0 Å². The third kappa shape index (κ3) is 5.21. The molecule has 0 fully saturated rings. The van der Waals surface area contributed by atoms with E-state index in [1.165, 1.54) is 0 Å². The maximum Gasteiger partial charge on any atom is 0.201 e. The van der Waals surface area contributed by atoms with E-state index in [0.717, 1.165) is 6.42 Å². The van der Waals surface area contributed by atoms with E-state index in [4.69, 9.17) is 9.47 Å². The zero-order chi connectivity index (χ0) is 22.5. The predicted molar refractivity (Wildman–Crippen MR) is 117 cm³/mol. The number of fused-ring (bicyclic) bond motifs is 2. The first-order valence-corrected chi connectivity index (χ1v) is 10.7. The van der Waals surface area contributed by atoms with E-state index >= 15 is 4.39 Å². The van der Waals surface area contributed by atoms with Crippen molar-refractivity contribution >= 4 is 0 Å². The second kappa shape index (κ2) is 10.2. The summed E-state index contributed by atoms with van der Waals surface area (Å²) in [4.78, 5) is 0. The van der Waals surface area contributed by atoms with Gasteiger partial charge in [-0.05, 0) is 55.7 Å². The third-order valence-corrected chi connectivity index (χ3v) is 5.66. The van der Waals surface area contributed by atoms with Crippen LogP contribution in [0.5, 0.6) is 11.5 Å². The summed E-state index contributed by atoms with van der Waals surface area (Å²) in [5, 5.41) is 0. The summed E-state index contributed by atoms with van der Waals surface area (Å²) in [5.41, 5.74) is 1.93. The number of aryl methyl sites for hydroxylation is 2. The van der Waals surface area contributed by atoms with E-state index in [1.807, 2.05) is 19.9 Å². The molecule has 31 heavy (non-hydrogen) atoms. The minimum Gasteiger partial charge on any atom is -0.450 e. The molecule has 0 spiro atoms. The Morgan fingerprint density at radius 2 is 1.74 bits per heavy atom. The van der Waals surface area contributed by atoms with Crippen molar-refractivity contribution in [1.29, 1.82) is 0 Å². The lowest BCUT2D eigenvalue weighted by Crippen LogP contribution is -2.13. The molecule has 2 aromatic carbocycles. The Balaban J connectivity index is 1.76. The van der Waals surface area contributed by atoms with Gasteiger partial charge in [-0.15, -0.1) is 13.2 Å². The summed E-state index contributed by atoms with van der Waals surface area (Å²) in [6, 6.07) is 5.17. The van der Waals surface area contributed by atoms with E-state index in [0.29, 0.717) is 49.0 Å². The van der Waals surface area contributed by atoms with Gasteiger partial charge < -0.3 is 9.47 Å². The molecule has 0 saturated heterocycles. The number of hydrogen-bond donors (Lipinski definition) is 0. The van der Waals surface area contributed by atoms with E-state index in [9.17, 15) is 8.78 Å². The summed E-state index contributed by atoms with van der Waals surface area (Å²) in [6.07, 6.45) is 5.79. The lowest BCUT2D eigenvalue weighted by atomic mass is 9.93. The molecular formula is C26H29F3O2. The number of hydrogen-bond acceptors (Lipinski definition) is 2. The summed E-state index contributed by atoms with van der Waals surface area (Å²) < 4.78 is 55.5. The van der Waals surface area contributed by atoms with Crippen molar-refractivity contribution < 1.29 is 22.6 Å². The zero-order valence-corrected chi connectivity index (χ0v) is 18.1. The van der Waals surface area contributed by atoms with Crippen molar-refractivity contribution in [1.82, 2.24) is 0 Å². The molecule has 0 saturated carbocycles. The van der Waals surface area contributed by atoms with E-state index in [2.05, 4.69) is 13.2 Å². The lowest BCUT2D eigenvalue weighted by molar-refractivity contribution is 0.0699. The highest BCUT2D eigenvalue weighted by Crippen LogP contribution is 2.42. The Morgan fingerprint density at radius 3 is 2.45 bits per heavy atom. The van der Waals surface area contributed by atoms with Gasteiger partial charge in [0.05, 0.1) is 6.10 Å². The SMILES string of the molecule is C=CCCc1cc2c(c(F)c1F)Oc1c(ccc(CCC(C)COC(C)C=C)c1F)C2. The summed E-state index contributed by atoms with van der Waals surface area (Å²) in [5.74, 6) is -2.50. The molecule has 0 bridgehead atoms. The van der Waals surface area contributed by atoms with Gasteiger partial charge in [-0.2, -0.15) is 4.39 Å². The number of allylic oxidation sites excluding steroid dienone is 1. The van der Waals surface area contributed by atoms with Gasteiger partial charge in [0.15, 0.2) is 23.1 Å². The molecule has 1 aliphatic heterocycles. The van der Waals surface area contributed by atoms with E-state index in [1.54, 1.807) is 24.3 Å². The van der Waals surface area contributed by atoms with Crippen molar-refractivity contribution in [2.24, 2.45) is 5.92 Å². The highest BCUT2D eigenvalue weighted by molar-refractivity contribution is 5.53. The molecule has 2 atom stereocenters. The fourth-order valence-electron chi connectivity index (χ4n) is 3.66. The number of benzene rings is 2. The van der Waals surface area contributed by atoms with Crippen LogP contribution in [-0.4, -0.2) is 12.7 Å². The average Bonchev–Trinajstić information content (AvgIpc) is 2.77. The molecule has 1 aliphatic rings. The Kier molecular flexibility index (Phi) is 7.60. The van der Waals surface area contributed by atoms with Crippen LogP contribution in [0, 0.1) is 23.4 Å². The molecular weight excluding hydrogens is 401 g/mol. The van der Waals surface area contributed by atoms with Crippen LogP contribution < -0.4 is 4.74 Å². The Bertz CT molecular complexity index is 968. The average molecular weight is 431 g/mol. The molecule has 0 aliphatic carbocycles. The molecule has 0 amide bonds. The quantitative estimate of drug-likeness (QED) is 0.320. The maximum absolute atomic E-state index is 15.1. The van der Waals surface area contributed by atoms with Gasteiger partial charge in [0.25, 0.3) is 0 Å². The number of rotatable bonds is 10. The number of halogens is 3. The minimum atomic E-state index is -1.06. The maximum atomic E-state index is 15.1. The van der Waals surface area contributed by atoms with Gasteiger partial charge >= 0.3 is 0 Å². The Morgan fingerprint density at radius 1 is 1.00 bits per heavy atom. The Labute approximate surface area is 182 Å². The molecule has 5 heteroatoms. The normalized spacial score (nSPS) is 14.2.